The number of methoxy groups -OCH3 is 2. The third-order valence-electron chi connectivity index (χ3n) is 4.75. The van der Waals surface area contributed by atoms with Gasteiger partial charge in [-0.25, -0.2) is 4.57 Å². The van der Waals surface area contributed by atoms with Gasteiger partial charge in [0.15, 0.2) is 11.7 Å². The molecule has 1 aliphatic rings. The Morgan fingerprint density at radius 2 is 2.00 bits per heavy atom. The number of nitrogens with zero attached hydrogens (tertiary/aromatic N) is 1. The maximum Gasteiger partial charge on any atom is 0.162 e. The molecular formula is C19H23NO2RhS. The molecule has 2 aromatic rings. The van der Waals surface area contributed by atoms with E-state index in [1.165, 1.54) is 17.7 Å². The molecule has 0 saturated heterocycles. The van der Waals surface area contributed by atoms with E-state index in [1.807, 2.05) is 12.1 Å². The van der Waals surface area contributed by atoms with Crippen LogP contribution in [-0.4, -0.2) is 20.5 Å². The van der Waals surface area contributed by atoms with Crippen LogP contribution in [0, 0.1) is 6.07 Å². The molecule has 1 aromatic heterocycles. The maximum atomic E-state index is 5.61. The molecule has 5 heteroatoms. The second-order valence-corrected chi connectivity index (χ2v) is 6.76. The number of benzene rings is 1. The minimum absolute atomic E-state index is 0. The fourth-order valence-electron chi connectivity index (χ4n) is 3.06. The van der Waals surface area contributed by atoms with Gasteiger partial charge < -0.3 is 9.47 Å². The van der Waals surface area contributed by atoms with Crippen molar-refractivity contribution in [1.82, 2.24) is 0 Å². The molecule has 0 amide bonds. The fourth-order valence-corrected chi connectivity index (χ4v) is 3.49. The van der Waals surface area contributed by atoms with E-state index < -0.39 is 0 Å². The van der Waals surface area contributed by atoms with Crippen molar-refractivity contribution in [1.29, 1.82) is 0 Å². The molecular weight excluding hydrogens is 409 g/mol. The number of thioether (sulfide) groups is 1. The summed E-state index contributed by atoms with van der Waals surface area (Å²) in [6, 6.07) is 11.6. The Balaban J connectivity index is 0.00000208. The largest absolute Gasteiger partial charge is 0.540 e. The van der Waals surface area contributed by atoms with Crippen LogP contribution in [0.2, 0.25) is 0 Å². The van der Waals surface area contributed by atoms with Crippen LogP contribution in [0.15, 0.2) is 35.4 Å². The summed E-state index contributed by atoms with van der Waals surface area (Å²) < 4.78 is 13.3. The molecule has 0 atom stereocenters. The molecule has 1 radical (unpaired) electrons. The summed E-state index contributed by atoms with van der Waals surface area (Å²) in [5.74, 6) is 1.55. The smallest absolute Gasteiger partial charge is 0.162 e. The zero-order chi connectivity index (χ0) is 16.4. The van der Waals surface area contributed by atoms with Crippen LogP contribution < -0.4 is 14.0 Å². The number of ether oxygens (including phenoxy) is 2. The second-order valence-electron chi connectivity index (χ2n) is 5.88. The van der Waals surface area contributed by atoms with Crippen LogP contribution in [0.3, 0.4) is 0 Å². The van der Waals surface area contributed by atoms with Crippen LogP contribution in [-0.2, 0) is 25.0 Å². The molecule has 0 bridgehead atoms. The zero-order valence-electron chi connectivity index (χ0n) is 14.5. The summed E-state index contributed by atoms with van der Waals surface area (Å²) in [4.78, 5) is 1.24. The van der Waals surface area contributed by atoms with Crippen molar-refractivity contribution in [3.63, 3.8) is 0 Å². The van der Waals surface area contributed by atoms with E-state index in [2.05, 4.69) is 42.1 Å². The number of hydrogen-bond acceptors (Lipinski definition) is 3. The normalized spacial score (nSPS) is 14.7. The number of aromatic nitrogens is 1. The fraction of sp³-hybridized carbons (Fsp3) is 0.421. The van der Waals surface area contributed by atoms with E-state index in [0.29, 0.717) is 0 Å². The number of hydrogen-bond donors (Lipinski definition) is 0. The topological polar surface area (TPSA) is 22.3 Å². The molecule has 131 valence electrons. The SMILES string of the molecule is CCC1([n+]2ccc(SC)cc2-c2[c-]cc(OC)cc2OC)CC1.[Rh]. The molecule has 0 spiro atoms. The predicted molar refractivity (Wildman–Crippen MR) is 93.3 cm³/mol. The van der Waals surface area contributed by atoms with Gasteiger partial charge in [0.25, 0.3) is 0 Å². The first-order chi connectivity index (χ1) is 11.2. The minimum atomic E-state index is 0. The molecule has 0 unspecified atom stereocenters. The van der Waals surface area contributed by atoms with Gasteiger partial charge in [-0.15, -0.1) is 23.9 Å². The Morgan fingerprint density at radius 1 is 1.25 bits per heavy atom. The van der Waals surface area contributed by atoms with Crippen molar-refractivity contribution >= 4 is 11.8 Å². The van der Waals surface area contributed by atoms with Crippen molar-refractivity contribution in [2.45, 2.75) is 36.6 Å². The summed E-state index contributed by atoms with van der Waals surface area (Å²) in [5.41, 5.74) is 2.41. The van der Waals surface area contributed by atoms with Gasteiger partial charge in [-0.05, 0) is 17.9 Å². The third-order valence-corrected chi connectivity index (χ3v) is 5.47. The molecule has 1 heterocycles. The van der Waals surface area contributed by atoms with E-state index in [1.54, 1.807) is 26.0 Å². The first kappa shape index (κ1) is 19.3. The maximum absolute atomic E-state index is 5.61. The Hall–Kier alpha value is -1.06. The van der Waals surface area contributed by atoms with Crippen molar-refractivity contribution in [3.8, 4) is 22.8 Å². The van der Waals surface area contributed by atoms with Crippen LogP contribution in [0.5, 0.6) is 11.5 Å². The van der Waals surface area contributed by atoms with Gasteiger partial charge in [-0.3, -0.25) is 0 Å². The average Bonchev–Trinajstić information content (AvgIpc) is 3.41. The van der Waals surface area contributed by atoms with Crippen LogP contribution in [0.25, 0.3) is 11.3 Å². The van der Waals surface area contributed by atoms with Gasteiger partial charge in [-0.1, -0.05) is 13.0 Å². The quantitative estimate of drug-likeness (QED) is 0.297. The summed E-state index contributed by atoms with van der Waals surface area (Å²) in [6.45, 7) is 2.27. The van der Waals surface area contributed by atoms with Gasteiger partial charge in [0.1, 0.15) is 5.69 Å². The monoisotopic (exact) mass is 432 g/mol. The Kier molecular flexibility index (Phi) is 6.33. The van der Waals surface area contributed by atoms with E-state index in [0.717, 1.165) is 29.2 Å². The van der Waals surface area contributed by atoms with E-state index in [4.69, 9.17) is 9.47 Å². The summed E-state index contributed by atoms with van der Waals surface area (Å²) in [5, 5.41) is 0. The van der Waals surface area contributed by atoms with Crippen molar-refractivity contribution in [2.75, 3.05) is 20.5 Å². The van der Waals surface area contributed by atoms with E-state index in [-0.39, 0.29) is 25.0 Å². The van der Waals surface area contributed by atoms with Crippen LogP contribution in [0.4, 0.5) is 0 Å². The Morgan fingerprint density at radius 3 is 2.54 bits per heavy atom. The summed E-state index contributed by atoms with van der Waals surface area (Å²) in [7, 11) is 3.36. The molecule has 3 nitrogen and oxygen atoms in total. The molecule has 1 aromatic carbocycles. The molecule has 1 fully saturated rings. The first-order valence-electron chi connectivity index (χ1n) is 7.91. The van der Waals surface area contributed by atoms with Gasteiger partial charge in [0, 0.05) is 61.2 Å². The number of pyridine rings is 1. The second kappa shape index (κ2) is 7.88. The summed E-state index contributed by atoms with van der Waals surface area (Å²) >= 11 is 1.75. The van der Waals surface area contributed by atoms with Gasteiger partial charge in [-0.2, -0.15) is 0 Å². The molecule has 3 rings (SSSR count). The third kappa shape index (κ3) is 3.48. The zero-order valence-corrected chi connectivity index (χ0v) is 17.0. The molecule has 1 saturated carbocycles. The van der Waals surface area contributed by atoms with Crippen molar-refractivity contribution in [3.05, 3.63) is 36.5 Å². The number of rotatable bonds is 6. The molecule has 0 N–H and O–H groups in total. The van der Waals surface area contributed by atoms with Crippen molar-refractivity contribution < 1.29 is 33.5 Å². The van der Waals surface area contributed by atoms with E-state index in [9.17, 15) is 0 Å². The van der Waals surface area contributed by atoms with Crippen LogP contribution >= 0.6 is 11.8 Å². The Bertz CT molecular complexity index is 717. The summed E-state index contributed by atoms with van der Waals surface area (Å²) in [6.07, 6.45) is 7.93. The molecule has 1 aliphatic carbocycles. The van der Waals surface area contributed by atoms with Crippen LogP contribution in [0.1, 0.15) is 26.2 Å². The van der Waals surface area contributed by atoms with Gasteiger partial charge in [0.05, 0.1) is 14.2 Å². The van der Waals surface area contributed by atoms with Gasteiger partial charge >= 0.3 is 0 Å². The molecule has 24 heavy (non-hydrogen) atoms. The first-order valence-corrected chi connectivity index (χ1v) is 9.14. The Labute approximate surface area is 161 Å². The van der Waals surface area contributed by atoms with Crippen molar-refractivity contribution in [2.24, 2.45) is 0 Å². The van der Waals surface area contributed by atoms with E-state index >= 15 is 0 Å². The average molecular weight is 432 g/mol. The van der Waals surface area contributed by atoms with Gasteiger partial charge in [0.2, 0.25) is 0 Å². The molecule has 0 aliphatic heterocycles. The minimum Gasteiger partial charge on any atom is -0.540 e. The standard InChI is InChI=1S/C19H23NO2S.Rh/c1-5-19(9-10-19)20-11-8-15(23-4)13-17(20)16-7-6-14(21-2)12-18(16)22-3;/h6,8,11-13H,5,9-10H2,1-4H3;. The predicted octanol–water partition coefficient (Wildman–Crippen LogP) is 4.08.